The molecular formula is C22H18F5NO3. The van der Waals surface area contributed by atoms with Crippen LogP contribution >= 0.6 is 0 Å². The van der Waals surface area contributed by atoms with E-state index in [0.29, 0.717) is 11.1 Å². The number of esters is 1. The first-order valence-electron chi connectivity index (χ1n) is 9.21. The zero-order valence-corrected chi connectivity index (χ0v) is 16.6. The Morgan fingerprint density at radius 1 is 0.935 bits per heavy atom. The molecule has 0 aliphatic carbocycles. The van der Waals surface area contributed by atoms with Gasteiger partial charge < -0.3 is 4.74 Å². The van der Waals surface area contributed by atoms with Crippen LogP contribution in [0.4, 0.5) is 22.0 Å². The maximum absolute atomic E-state index is 14.0. The quantitative estimate of drug-likeness (QED) is 0.147. The molecular weight excluding hydrogens is 421 g/mol. The van der Waals surface area contributed by atoms with E-state index in [-0.39, 0.29) is 25.2 Å². The van der Waals surface area contributed by atoms with Crippen LogP contribution in [0.1, 0.15) is 42.6 Å². The van der Waals surface area contributed by atoms with E-state index in [0.717, 1.165) is 0 Å². The average Bonchev–Trinajstić information content (AvgIpc) is 2.76. The number of aliphatic imine (C=N–C) groups is 1. The number of carbonyl (C=O) groups excluding carboxylic acids is 2. The van der Waals surface area contributed by atoms with Crippen LogP contribution in [0.3, 0.4) is 0 Å². The standard InChI is InChI=1S/C22H18F5NO3/c1-3-31-22(30)12(2)8-7-11-14(13-9-5-4-6-10-13)28-21(29)15-16(23)18(25)20(27)19(26)17(15)24/h4-6,8-10H,3,7,11H2,1-2H3/b12-8+,28-14?. The monoisotopic (exact) mass is 439 g/mol. The number of allylic oxidation sites excluding steroid dienone is 1. The molecule has 4 nitrogen and oxygen atoms in total. The predicted octanol–water partition coefficient (Wildman–Crippen LogP) is 5.30. The van der Waals surface area contributed by atoms with Crippen molar-refractivity contribution in [2.75, 3.05) is 6.61 Å². The van der Waals surface area contributed by atoms with Crippen LogP contribution in [0.25, 0.3) is 0 Å². The van der Waals surface area contributed by atoms with Crippen molar-refractivity contribution < 1.29 is 36.3 Å². The number of halogens is 5. The second-order valence-corrected chi connectivity index (χ2v) is 6.32. The van der Waals surface area contributed by atoms with Crippen molar-refractivity contribution in [3.8, 4) is 0 Å². The molecule has 0 fully saturated rings. The molecule has 0 spiro atoms. The summed E-state index contributed by atoms with van der Waals surface area (Å²) in [5.74, 6) is -13.5. The van der Waals surface area contributed by atoms with Gasteiger partial charge in [0, 0.05) is 5.57 Å². The molecule has 0 aliphatic rings. The molecule has 0 saturated heterocycles. The van der Waals surface area contributed by atoms with E-state index in [1.807, 2.05) is 0 Å². The summed E-state index contributed by atoms with van der Waals surface area (Å²) in [4.78, 5) is 27.6. The molecule has 0 unspecified atom stereocenters. The second-order valence-electron chi connectivity index (χ2n) is 6.32. The van der Waals surface area contributed by atoms with E-state index < -0.39 is 46.5 Å². The summed E-state index contributed by atoms with van der Waals surface area (Å²) >= 11 is 0. The minimum atomic E-state index is -2.36. The van der Waals surface area contributed by atoms with E-state index in [9.17, 15) is 31.5 Å². The van der Waals surface area contributed by atoms with E-state index in [4.69, 9.17) is 4.74 Å². The third-order valence-corrected chi connectivity index (χ3v) is 4.20. The number of benzene rings is 2. The van der Waals surface area contributed by atoms with Crippen molar-refractivity contribution in [2.45, 2.75) is 26.7 Å². The first-order chi connectivity index (χ1) is 14.7. The molecule has 0 aliphatic heterocycles. The summed E-state index contributed by atoms with van der Waals surface area (Å²) in [6, 6.07) is 8.04. The lowest BCUT2D eigenvalue weighted by molar-refractivity contribution is -0.138. The molecule has 0 saturated carbocycles. The highest BCUT2D eigenvalue weighted by atomic mass is 19.2. The number of ether oxygens (including phenoxy) is 1. The fourth-order valence-electron chi connectivity index (χ4n) is 2.62. The van der Waals surface area contributed by atoms with Crippen molar-refractivity contribution >= 4 is 17.6 Å². The van der Waals surface area contributed by atoms with Gasteiger partial charge in [-0.1, -0.05) is 36.4 Å². The van der Waals surface area contributed by atoms with Crippen molar-refractivity contribution in [2.24, 2.45) is 4.99 Å². The largest absolute Gasteiger partial charge is 0.463 e. The van der Waals surface area contributed by atoms with Gasteiger partial charge in [0.15, 0.2) is 23.3 Å². The zero-order valence-electron chi connectivity index (χ0n) is 16.6. The van der Waals surface area contributed by atoms with E-state index in [1.54, 1.807) is 37.3 Å². The molecule has 2 aromatic rings. The third kappa shape index (κ3) is 5.62. The Morgan fingerprint density at radius 3 is 2.03 bits per heavy atom. The van der Waals surface area contributed by atoms with E-state index in [2.05, 4.69) is 4.99 Å². The van der Waals surface area contributed by atoms with E-state index >= 15 is 0 Å². The zero-order chi connectivity index (χ0) is 23.1. The van der Waals surface area contributed by atoms with Crippen molar-refractivity contribution in [3.05, 3.63) is 82.2 Å². The molecule has 2 rings (SSSR count). The number of hydrogen-bond donors (Lipinski definition) is 0. The molecule has 0 heterocycles. The summed E-state index contributed by atoms with van der Waals surface area (Å²) in [5.41, 5.74) is -0.882. The van der Waals surface area contributed by atoms with Crippen LogP contribution in [0.5, 0.6) is 0 Å². The molecule has 0 atom stereocenters. The van der Waals surface area contributed by atoms with Crippen molar-refractivity contribution in [1.82, 2.24) is 0 Å². The highest BCUT2D eigenvalue weighted by Gasteiger charge is 2.29. The van der Waals surface area contributed by atoms with Gasteiger partial charge in [-0.2, -0.15) is 0 Å². The second kappa shape index (κ2) is 10.6. The maximum atomic E-state index is 14.0. The summed E-state index contributed by atoms with van der Waals surface area (Å²) < 4.78 is 72.9. The molecule has 0 aromatic heterocycles. The Hall–Kier alpha value is -3.36. The molecule has 2 aromatic carbocycles. The van der Waals surface area contributed by atoms with Crippen LogP contribution in [0.15, 0.2) is 47.0 Å². The Balaban J connectivity index is 2.41. The summed E-state index contributed by atoms with van der Waals surface area (Å²) in [5, 5.41) is 0. The molecule has 9 heteroatoms. The lowest BCUT2D eigenvalue weighted by atomic mass is 10.0. The molecule has 0 bridgehead atoms. The minimum absolute atomic E-state index is 0.0435. The number of hydrogen-bond acceptors (Lipinski definition) is 3. The van der Waals surface area contributed by atoms with E-state index in [1.165, 1.54) is 13.0 Å². The predicted molar refractivity (Wildman–Crippen MR) is 103 cm³/mol. The Bertz CT molecular complexity index is 1020. The van der Waals surface area contributed by atoms with Gasteiger partial charge in [-0.3, -0.25) is 4.79 Å². The Morgan fingerprint density at radius 2 is 1.48 bits per heavy atom. The van der Waals surface area contributed by atoms with Gasteiger partial charge >= 0.3 is 5.97 Å². The highest BCUT2D eigenvalue weighted by molar-refractivity contribution is 6.10. The molecule has 1 amide bonds. The highest BCUT2D eigenvalue weighted by Crippen LogP contribution is 2.24. The Labute approximate surface area is 175 Å². The smallest absolute Gasteiger partial charge is 0.333 e. The summed E-state index contributed by atoms with van der Waals surface area (Å²) in [6.07, 6.45) is 1.77. The number of rotatable bonds is 7. The first kappa shape index (κ1) is 23.9. The lowest BCUT2D eigenvalue weighted by Crippen LogP contribution is -2.14. The normalized spacial score (nSPS) is 12.1. The fourth-order valence-corrected chi connectivity index (χ4v) is 2.62. The maximum Gasteiger partial charge on any atom is 0.333 e. The van der Waals surface area contributed by atoms with Crippen molar-refractivity contribution in [3.63, 3.8) is 0 Å². The number of amides is 1. The van der Waals surface area contributed by atoms with Gasteiger partial charge in [0.05, 0.1) is 12.3 Å². The fraction of sp³-hybridized carbons (Fsp3) is 0.227. The topological polar surface area (TPSA) is 55.7 Å². The molecule has 0 radical (unpaired) electrons. The van der Waals surface area contributed by atoms with Crippen LogP contribution in [-0.2, 0) is 9.53 Å². The molecule has 31 heavy (non-hydrogen) atoms. The summed E-state index contributed by atoms with van der Waals surface area (Å²) in [6.45, 7) is 3.37. The van der Waals surface area contributed by atoms with Gasteiger partial charge in [-0.15, -0.1) is 0 Å². The van der Waals surface area contributed by atoms with Gasteiger partial charge in [-0.25, -0.2) is 31.7 Å². The molecule has 0 N–H and O–H groups in total. The lowest BCUT2D eigenvalue weighted by Gasteiger charge is -2.08. The third-order valence-electron chi connectivity index (χ3n) is 4.20. The van der Waals surface area contributed by atoms with Crippen molar-refractivity contribution in [1.29, 1.82) is 0 Å². The van der Waals surface area contributed by atoms with Crippen LogP contribution in [-0.4, -0.2) is 24.2 Å². The SMILES string of the molecule is CCOC(=O)/C(C)=C/CCC(=NC(=O)c1c(F)c(F)c(F)c(F)c1F)c1ccccc1. The van der Waals surface area contributed by atoms with Crippen LogP contribution in [0.2, 0.25) is 0 Å². The van der Waals surface area contributed by atoms with Gasteiger partial charge in [0.1, 0.15) is 5.56 Å². The first-order valence-corrected chi connectivity index (χ1v) is 9.21. The number of nitrogens with zero attached hydrogens (tertiary/aromatic N) is 1. The van der Waals surface area contributed by atoms with Crippen LogP contribution < -0.4 is 0 Å². The molecule has 164 valence electrons. The minimum Gasteiger partial charge on any atom is -0.463 e. The Kier molecular flexibility index (Phi) is 8.18. The number of carbonyl (C=O) groups is 2. The summed E-state index contributed by atoms with van der Waals surface area (Å²) in [7, 11) is 0. The van der Waals surface area contributed by atoms with Crippen LogP contribution in [0, 0.1) is 29.1 Å². The van der Waals surface area contributed by atoms with Gasteiger partial charge in [-0.05, 0) is 32.3 Å². The van der Waals surface area contributed by atoms with Gasteiger partial charge in [0.25, 0.3) is 5.91 Å². The van der Waals surface area contributed by atoms with Gasteiger partial charge in [0.2, 0.25) is 5.82 Å². The average molecular weight is 439 g/mol.